The molecule has 2 unspecified atom stereocenters. The Morgan fingerprint density at radius 1 is 1.40 bits per heavy atom. The molecule has 0 aromatic carbocycles. The molecule has 0 bridgehead atoms. The van der Waals surface area contributed by atoms with E-state index in [9.17, 15) is 0 Å². The minimum Gasteiger partial charge on any atom is -0.330 e. The molecule has 3 rings (SSSR count). The summed E-state index contributed by atoms with van der Waals surface area (Å²) in [7, 11) is 2.21. The van der Waals surface area contributed by atoms with Crippen molar-refractivity contribution in [2.45, 2.75) is 31.8 Å². The predicted molar refractivity (Wildman–Crippen MR) is 87.1 cm³/mol. The number of rotatable bonds is 5. The largest absolute Gasteiger partial charge is 0.330 e. The van der Waals surface area contributed by atoms with Crippen LogP contribution in [0.2, 0.25) is 0 Å². The number of hydrogen-bond acceptors (Lipinski definition) is 5. The van der Waals surface area contributed by atoms with Gasteiger partial charge in [0.05, 0.1) is 5.69 Å². The van der Waals surface area contributed by atoms with Crippen LogP contribution in [0.25, 0.3) is 10.6 Å². The Bertz CT molecular complexity index is 535. The molecule has 1 saturated carbocycles. The Balaban J connectivity index is 1.66. The predicted octanol–water partition coefficient (Wildman–Crippen LogP) is 3.43. The van der Waals surface area contributed by atoms with Crippen molar-refractivity contribution < 1.29 is 0 Å². The minimum absolute atomic E-state index is 0.631. The lowest BCUT2D eigenvalue weighted by molar-refractivity contribution is 0.191. The number of hydrogen-bond donors (Lipinski definition) is 1. The van der Waals surface area contributed by atoms with Crippen molar-refractivity contribution in [3.8, 4) is 10.6 Å². The quantitative estimate of drug-likeness (QED) is 0.920. The zero-order chi connectivity index (χ0) is 13.9. The summed E-state index contributed by atoms with van der Waals surface area (Å²) in [6.07, 6.45) is 3.87. The third-order valence-electron chi connectivity index (χ3n) is 4.22. The molecule has 0 aliphatic heterocycles. The van der Waals surface area contributed by atoms with Crippen LogP contribution >= 0.6 is 22.7 Å². The molecular formula is C15H21N3S2. The summed E-state index contributed by atoms with van der Waals surface area (Å²) in [5.74, 6) is 0.662. The van der Waals surface area contributed by atoms with E-state index in [0.717, 1.165) is 18.1 Å². The van der Waals surface area contributed by atoms with E-state index in [2.05, 4.69) is 34.2 Å². The molecule has 1 aliphatic carbocycles. The van der Waals surface area contributed by atoms with Crippen molar-refractivity contribution in [1.29, 1.82) is 0 Å². The van der Waals surface area contributed by atoms with Crippen molar-refractivity contribution >= 4 is 22.7 Å². The van der Waals surface area contributed by atoms with Gasteiger partial charge in [0.2, 0.25) is 0 Å². The summed E-state index contributed by atoms with van der Waals surface area (Å²) in [5, 5.41) is 7.59. The number of nitrogens with zero attached hydrogens (tertiary/aromatic N) is 2. The minimum atomic E-state index is 0.631. The van der Waals surface area contributed by atoms with Gasteiger partial charge < -0.3 is 5.73 Å². The first kappa shape index (κ1) is 14.2. The van der Waals surface area contributed by atoms with E-state index < -0.39 is 0 Å². The summed E-state index contributed by atoms with van der Waals surface area (Å²) < 4.78 is 0. The van der Waals surface area contributed by atoms with Crippen molar-refractivity contribution in [1.82, 2.24) is 9.88 Å². The van der Waals surface area contributed by atoms with Crippen LogP contribution in [0.15, 0.2) is 22.2 Å². The first-order chi connectivity index (χ1) is 9.78. The number of aromatic nitrogens is 1. The second-order valence-corrected chi connectivity index (χ2v) is 7.20. The molecule has 20 heavy (non-hydrogen) atoms. The van der Waals surface area contributed by atoms with Gasteiger partial charge >= 0.3 is 0 Å². The fraction of sp³-hybridized carbons (Fsp3) is 0.533. The van der Waals surface area contributed by atoms with Crippen LogP contribution in [0, 0.1) is 5.92 Å². The Morgan fingerprint density at radius 3 is 3.05 bits per heavy atom. The Labute approximate surface area is 128 Å². The summed E-state index contributed by atoms with van der Waals surface area (Å²) in [6.45, 7) is 1.74. The highest BCUT2D eigenvalue weighted by atomic mass is 32.1. The molecule has 0 radical (unpaired) electrons. The molecule has 3 nitrogen and oxygen atoms in total. The molecule has 0 saturated heterocycles. The van der Waals surface area contributed by atoms with E-state index in [0.29, 0.717) is 12.0 Å². The zero-order valence-corrected chi connectivity index (χ0v) is 13.4. The van der Waals surface area contributed by atoms with Gasteiger partial charge in [-0.05, 0) is 43.8 Å². The lowest BCUT2D eigenvalue weighted by Gasteiger charge is -2.28. The molecule has 1 fully saturated rings. The Hall–Kier alpha value is -0.750. The molecule has 5 heteroatoms. The maximum absolute atomic E-state index is 5.88. The summed E-state index contributed by atoms with van der Waals surface area (Å²) >= 11 is 3.47. The fourth-order valence-corrected chi connectivity index (χ4v) is 4.67. The molecule has 0 amide bonds. The first-order valence-corrected chi connectivity index (χ1v) is 8.97. The lowest BCUT2D eigenvalue weighted by Crippen LogP contribution is -2.37. The van der Waals surface area contributed by atoms with Gasteiger partial charge in [-0.2, -0.15) is 11.3 Å². The second kappa shape index (κ2) is 6.35. The Kier molecular flexibility index (Phi) is 4.51. The molecule has 2 N–H and O–H groups in total. The first-order valence-electron chi connectivity index (χ1n) is 7.15. The topological polar surface area (TPSA) is 42.2 Å². The number of thiazole rings is 1. The second-order valence-electron chi connectivity index (χ2n) is 5.57. The normalized spacial score (nSPS) is 22.8. The summed E-state index contributed by atoms with van der Waals surface area (Å²) in [6, 6.07) is 2.77. The molecular weight excluding hydrogens is 286 g/mol. The molecule has 0 spiro atoms. The van der Waals surface area contributed by atoms with Crippen LogP contribution in [0.5, 0.6) is 0 Å². The van der Waals surface area contributed by atoms with Crippen LogP contribution in [-0.2, 0) is 6.54 Å². The monoisotopic (exact) mass is 307 g/mol. The van der Waals surface area contributed by atoms with Gasteiger partial charge in [-0.15, -0.1) is 11.3 Å². The zero-order valence-electron chi connectivity index (χ0n) is 11.8. The smallest absolute Gasteiger partial charge is 0.124 e. The van der Waals surface area contributed by atoms with E-state index in [1.165, 1.54) is 30.5 Å². The summed E-state index contributed by atoms with van der Waals surface area (Å²) in [5.41, 5.74) is 8.31. The van der Waals surface area contributed by atoms with Crippen LogP contribution in [-0.4, -0.2) is 29.5 Å². The maximum Gasteiger partial charge on any atom is 0.124 e. The summed E-state index contributed by atoms with van der Waals surface area (Å²) in [4.78, 5) is 7.21. The van der Waals surface area contributed by atoms with E-state index in [-0.39, 0.29) is 0 Å². The van der Waals surface area contributed by atoms with Gasteiger partial charge in [0.25, 0.3) is 0 Å². The van der Waals surface area contributed by atoms with Crippen LogP contribution < -0.4 is 5.73 Å². The fourth-order valence-electron chi connectivity index (χ4n) is 3.14. The average Bonchev–Trinajstić information content (AvgIpc) is 3.19. The van der Waals surface area contributed by atoms with E-state index in [1.54, 1.807) is 22.7 Å². The molecule has 2 aromatic heterocycles. The van der Waals surface area contributed by atoms with Crippen LogP contribution in [0.1, 0.15) is 25.0 Å². The van der Waals surface area contributed by atoms with Gasteiger partial charge in [0.1, 0.15) is 5.01 Å². The lowest BCUT2D eigenvalue weighted by atomic mass is 10.0. The number of nitrogens with two attached hydrogens (primary N) is 1. The van der Waals surface area contributed by atoms with E-state index >= 15 is 0 Å². The molecule has 2 aromatic rings. The average molecular weight is 307 g/mol. The van der Waals surface area contributed by atoms with Gasteiger partial charge in [0, 0.05) is 28.9 Å². The highest BCUT2D eigenvalue weighted by Crippen LogP contribution is 2.30. The van der Waals surface area contributed by atoms with Gasteiger partial charge in [-0.1, -0.05) is 6.42 Å². The van der Waals surface area contributed by atoms with Gasteiger partial charge in [0.15, 0.2) is 0 Å². The SMILES string of the molecule is CN(Cc1csc(-c2ccsc2)n1)C1CCCC1CN. The van der Waals surface area contributed by atoms with Crippen molar-refractivity contribution in [3.63, 3.8) is 0 Å². The van der Waals surface area contributed by atoms with Gasteiger partial charge in [-0.25, -0.2) is 4.98 Å². The molecule has 1 aliphatic rings. The highest BCUT2D eigenvalue weighted by Gasteiger charge is 2.29. The van der Waals surface area contributed by atoms with Crippen molar-refractivity contribution in [2.24, 2.45) is 11.7 Å². The molecule has 108 valence electrons. The third kappa shape index (κ3) is 2.96. The van der Waals surface area contributed by atoms with Crippen LogP contribution in [0.4, 0.5) is 0 Å². The number of thiophene rings is 1. The Morgan fingerprint density at radius 2 is 2.30 bits per heavy atom. The molecule has 2 heterocycles. The van der Waals surface area contributed by atoms with Crippen molar-refractivity contribution in [3.05, 3.63) is 27.9 Å². The van der Waals surface area contributed by atoms with Crippen LogP contribution in [0.3, 0.4) is 0 Å². The van der Waals surface area contributed by atoms with Gasteiger partial charge in [-0.3, -0.25) is 4.90 Å². The highest BCUT2D eigenvalue weighted by molar-refractivity contribution is 7.14. The van der Waals surface area contributed by atoms with E-state index in [4.69, 9.17) is 10.7 Å². The van der Waals surface area contributed by atoms with E-state index in [1.807, 2.05) is 0 Å². The third-order valence-corrected chi connectivity index (χ3v) is 5.84. The molecule has 2 atom stereocenters. The van der Waals surface area contributed by atoms with Crippen molar-refractivity contribution in [2.75, 3.05) is 13.6 Å². The maximum atomic E-state index is 5.88. The standard InChI is InChI=1S/C15H21N3S2/c1-18(14-4-2-3-11(14)7-16)8-13-10-20-15(17-13)12-5-6-19-9-12/h5-6,9-11,14H,2-4,7-8,16H2,1H3.